The standard InChI is InChI=1S/C12H18N2O2S/c13-17(15,16)10-12-7-4-8-14(12)9-11-5-2-1-3-6-11/h1-3,5-6,12H,4,7-10H2,(H2,13,15,16). The molecule has 17 heavy (non-hydrogen) atoms. The van der Waals surface area contributed by atoms with Crippen molar-refractivity contribution in [2.24, 2.45) is 5.14 Å². The Balaban J connectivity index is 2.01. The van der Waals surface area contributed by atoms with Gasteiger partial charge in [-0.25, -0.2) is 13.6 Å². The van der Waals surface area contributed by atoms with Crippen LogP contribution in [0, 0.1) is 0 Å². The average molecular weight is 254 g/mol. The van der Waals surface area contributed by atoms with Crippen LogP contribution in [0.15, 0.2) is 30.3 Å². The number of rotatable bonds is 4. The minimum atomic E-state index is -3.37. The second-order valence-corrected chi connectivity index (χ2v) is 6.24. The Kier molecular flexibility index (Phi) is 3.81. The zero-order valence-electron chi connectivity index (χ0n) is 9.75. The van der Waals surface area contributed by atoms with Crippen molar-refractivity contribution >= 4 is 10.0 Å². The summed E-state index contributed by atoms with van der Waals surface area (Å²) in [5.41, 5.74) is 1.22. The van der Waals surface area contributed by atoms with Crippen molar-refractivity contribution in [1.29, 1.82) is 0 Å². The van der Waals surface area contributed by atoms with E-state index in [-0.39, 0.29) is 11.8 Å². The van der Waals surface area contributed by atoms with Gasteiger partial charge >= 0.3 is 0 Å². The normalized spacial score (nSPS) is 21.8. The maximum Gasteiger partial charge on any atom is 0.210 e. The summed E-state index contributed by atoms with van der Waals surface area (Å²) in [6.45, 7) is 1.76. The Hall–Kier alpha value is -0.910. The van der Waals surface area contributed by atoms with Gasteiger partial charge in [0.2, 0.25) is 10.0 Å². The molecule has 0 amide bonds. The van der Waals surface area contributed by atoms with Crippen molar-refractivity contribution in [3.63, 3.8) is 0 Å². The Labute approximate surface area is 102 Å². The van der Waals surface area contributed by atoms with Crippen molar-refractivity contribution in [3.8, 4) is 0 Å². The summed E-state index contributed by atoms with van der Waals surface area (Å²) in [6, 6.07) is 10.2. The van der Waals surface area contributed by atoms with Crippen LogP contribution in [0.4, 0.5) is 0 Å². The molecular formula is C12H18N2O2S. The predicted octanol–water partition coefficient (Wildman–Crippen LogP) is 0.940. The molecule has 2 N–H and O–H groups in total. The fraction of sp³-hybridized carbons (Fsp3) is 0.500. The summed E-state index contributed by atoms with van der Waals surface area (Å²) in [5, 5.41) is 5.12. The van der Waals surface area contributed by atoms with Gasteiger partial charge < -0.3 is 0 Å². The smallest absolute Gasteiger partial charge is 0.210 e. The van der Waals surface area contributed by atoms with Crippen LogP contribution in [0.5, 0.6) is 0 Å². The van der Waals surface area contributed by atoms with E-state index in [1.54, 1.807) is 0 Å². The van der Waals surface area contributed by atoms with Crippen LogP contribution in [0.2, 0.25) is 0 Å². The van der Waals surface area contributed by atoms with Crippen LogP contribution >= 0.6 is 0 Å². The molecule has 1 unspecified atom stereocenters. The maximum absolute atomic E-state index is 11.1. The molecule has 1 aromatic carbocycles. The first kappa shape index (κ1) is 12.5. The highest BCUT2D eigenvalue weighted by atomic mass is 32.2. The van der Waals surface area contributed by atoms with Crippen molar-refractivity contribution in [1.82, 2.24) is 4.90 Å². The molecule has 0 aromatic heterocycles. The summed E-state index contributed by atoms with van der Waals surface area (Å²) < 4.78 is 22.3. The SMILES string of the molecule is NS(=O)(=O)CC1CCCN1Cc1ccccc1. The zero-order valence-corrected chi connectivity index (χ0v) is 10.6. The van der Waals surface area contributed by atoms with Crippen LogP contribution in [0.3, 0.4) is 0 Å². The van der Waals surface area contributed by atoms with Gasteiger partial charge in [0.1, 0.15) is 0 Å². The molecule has 1 aromatic rings. The van der Waals surface area contributed by atoms with Crippen molar-refractivity contribution in [2.45, 2.75) is 25.4 Å². The second kappa shape index (κ2) is 5.16. The van der Waals surface area contributed by atoms with Crippen LogP contribution < -0.4 is 5.14 Å². The molecule has 0 radical (unpaired) electrons. The first-order chi connectivity index (χ1) is 8.04. The van der Waals surface area contributed by atoms with E-state index < -0.39 is 10.0 Å². The lowest BCUT2D eigenvalue weighted by Gasteiger charge is -2.23. The molecule has 2 rings (SSSR count). The van der Waals surface area contributed by atoms with E-state index >= 15 is 0 Å². The maximum atomic E-state index is 11.1. The van der Waals surface area contributed by atoms with Gasteiger partial charge in [-0.05, 0) is 24.9 Å². The Bertz CT molecular complexity index is 459. The largest absolute Gasteiger partial charge is 0.295 e. The average Bonchev–Trinajstić information content (AvgIpc) is 2.65. The molecule has 1 aliphatic rings. The quantitative estimate of drug-likeness (QED) is 0.869. The molecule has 1 fully saturated rings. The lowest BCUT2D eigenvalue weighted by molar-refractivity contribution is 0.261. The van der Waals surface area contributed by atoms with Crippen molar-refractivity contribution < 1.29 is 8.42 Å². The minimum absolute atomic E-state index is 0.0693. The van der Waals surface area contributed by atoms with Gasteiger partial charge in [0.05, 0.1) is 5.75 Å². The molecule has 4 nitrogen and oxygen atoms in total. The van der Waals surface area contributed by atoms with Crippen molar-refractivity contribution in [3.05, 3.63) is 35.9 Å². The van der Waals surface area contributed by atoms with Gasteiger partial charge in [0, 0.05) is 12.6 Å². The molecule has 1 heterocycles. The van der Waals surface area contributed by atoms with E-state index in [1.165, 1.54) is 5.56 Å². The summed E-state index contributed by atoms with van der Waals surface area (Å²) in [4.78, 5) is 2.21. The molecule has 1 aliphatic heterocycles. The van der Waals surface area contributed by atoms with E-state index in [1.807, 2.05) is 18.2 Å². The minimum Gasteiger partial charge on any atom is -0.295 e. The summed E-state index contributed by atoms with van der Waals surface area (Å²) >= 11 is 0. The van der Waals surface area contributed by atoms with E-state index in [2.05, 4.69) is 17.0 Å². The van der Waals surface area contributed by atoms with Crippen LogP contribution in [-0.4, -0.2) is 31.7 Å². The molecule has 0 saturated carbocycles. The van der Waals surface area contributed by atoms with Crippen LogP contribution in [-0.2, 0) is 16.6 Å². The van der Waals surface area contributed by atoms with E-state index in [0.717, 1.165) is 25.9 Å². The summed E-state index contributed by atoms with van der Waals surface area (Å²) in [6.07, 6.45) is 1.97. The van der Waals surface area contributed by atoms with Gasteiger partial charge in [-0.15, -0.1) is 0 Å². The number of nitrogens with two attached hydrogens (primary N) is 1. The van der Waals surface area contributed by atoms with Gasteiger partial charge in [-0.3, -0.25) is 4.90 Å². The lowest BCUT2D eigenvalue weighted by atomic mass is 10.2. The third kappa shape index (κ3) is 3.80. The van der Waals surface area contributed by atoms with Crippen LogP contribution in [0.1, 0.15) is 18.4 Å². The number of hydrogen-bond donors (Lipinski definition) is 1. The number of likely N-dealkylation sites (tertiary alicyclic amines) is 1. The van der Waals surface area contributed by atoms with Crippen LogP contribution in [0.25, 0.3) is 0 Å². The van der Waals surface area contributed by atoms with Gasteiger partial charge in [0.25, 0.3) is 0 Å². The fourth-order valence-corrected chi connectivity index (χ4v) is 3.29. The zero-order chi connectivity index (χ0) is 12.3. The van der Waals surface area contributed by atoms with Gasteiger partial charge in [-0.1, -0.05) is 30.3 Å². The summed E-state index contributed by atoms with van der Waals surface area (Å²) in [7, 11) is -3.37. The number of hydrogen-bond acceptors (Lipinski definition) is 3. The first-order valence-corrected chi connectivity index (χ1v) is 7.54. The number of nitrogens with zero attached hydrogens (tertiary/aromatic N) is 1. The molecule has 94 valence electrons. The van der Waals surface area contributed by atoms with Crippen molar-refractivity contribution in [2.75, 3.05) is 12.3 Å². The number of sulfonamides is 1. The topological polar surface area (TPSA) is 63.4 Å². The first-order valence-electron chi connectivity index (χ1n) is 5.83. The molecule has 0 bridgehead atoms. The molecular weight excluding hydrogens is 236 g/mol. The summed E-state index contributed by atoms with van der Waals surface area (Å²) in [5.74, 6) is 0.0693. The monoisotopic (exact) mass is 254 g/mol. The third-order valence-electron chi connectivity index (χ3n) is 3.15. The predicted molar refractivity (Wildman–Crippen MR) is 67.8 cm³/mol. The lowest BCUT2D eigenvalue weighted by Crippen LogP contribution is -2.36. The van der Waals surface area contributed by atoms with Gasteiger partial charge in [0.15, 0.2) is 0 Å². The fourth-order valence-electron chi connectivity index (χ4n) is 2.38. The molecule has 0 aliphatic carbocycles. The molecule has 0 spiro atoms. The molecule has 1 saturated heterocycles. The van der Waals surface area contributed by atoms with Gasteiger partial charge in [-0.2, -0.15) is 0 Å². The number of benzene rings is 1. The molecule has 1 atom stereocenters. The Morgan fingerprint density at radius 2 is 2.00 bits per heavy atom. The third-order valence-corrected chi connectivity index (χ3v) is 4.00. The Morgan fingerprint density at radius 1 is 1.29 bits per heavy atom. The van der Waals surface area contributed by atoms with E-state index in [4.69, 9.17) is 5.14 Å². The second-order valence-electron chi connectivity index (χ2n) is 4.58. The van der Waals surface area contributed by atoms with E-state index in [0.29, 0.717) is 0 Å². The van der Waals surface area contributed by atoms with E-state index in [9.17, 15) is 8.42 Å². The highest BCUT2D eigenvalue weighted by molar-refractivity contribution is 7.89. The highest BCUT2D eigenvalue weighted by Gasteiger charge is 2.27. The number of primary sulfonamides is 1. The molecule has 5 heteroatoms. The Morgan fingerprint density at radius 3 is 2.65 bits per heavy atom. The highest BCUT2D eigenvalue weighted by Crippen LogP contribution is 2.20.